The number of halogens is 1. The van der Waals surface area contributed by atoms with Gasteiger partial charge in [0, 0.05) is 16.1 Å². The summed E-state index contributed by atoms with van der Waals surface area (Å²) in [6, 6.07) is 13.1. The summed E-state index contributed by atoms with van der Waals surface area (Å²) < 4.78 is 0.223. The van der Waals surface area contributed by atoms with Gasteiger partial charge in [-0.25, -0.2) is 0 Å². The van der Waals surface area contributed by atoms with Crippen molar-refractivity contribution in [3.05, 3.63) is 75.1 Å². The van der Waals surface area contributed by atoms with Crippen molar-refractivity contribution in [1.29, 1.82) is 0 Å². The van der Waals surface area contributed by atoms with Gasteiger partial charge in [-0.2, -0.15) is 5.01 Å². The minimum atomic E-state index is -0.486. The van der Waals surface area contributed by atoms with Gasteiger partial charge in [0.1, 0.15) is 6.29 Å². The normalized spacial score (nSPS) is 15.4. The molecule has 0 bridgehead atoms. The molecule has 8 heteroatoms. The van der Waals surface area contributed by atoms with Crippen LogP contribution in [0.15, 0.2) is 53.4 Å². The van der Waals surface area contributed by atoms with Gasteiger partial charge in [0.05, 0.1) is 4.91 Å². The van der Waals surface area contributed by atoms with E-state index in [4.69, 9.17) is 23.8 Å². The van der Waals surface area contributed by atoms with Crippen molar-refractivity contribution >= 4 is 64.1 Å². The summed E-state index contributed by atoms with van der Waals surface area (Å²) in [4.78, 5) is 35.9. The van der Waals surface area contributed by atoms with E-state index in [-0.39, 0.29) is 4.32 Å². The lowest BCUT2D eigenvalue weighted by molar-refractivity contribution is -0.123. The van der Waals surface area contributed by atoms with Gasteiger partial charge in [-0.05, 0) is 42.1 Å². The van der Waals surface area contributed by atoms with Crippen LogP contribution >= 0.6 is 35.6 Å². The standard InChI is InChI=1S/C18H11ClN2O3S2/c19-14-3-1-2-13(9-14)16(23)20-21-17(24)15(26-18(21)25)8-11-4-6-12(10-22)7-5-11/h1-10H,(H,20,23). The van der Waals surface area contributed by atoms with Crippen molar-refractivity contribution in [2.45, 2.75) is 0 Å². The van der Waals surface area contributed by atoms with Gasteiger partial charge < -0.3 is 0 Å². The highest BCUT2D eigenvalue weighted by molar-refractivity contribution is 8.26. The molecule has 1 aliphatic heterocycles. The predicted molar refractivity (Wildman–Crippen MR) is 106 cm³/mol. The Balaban J connectivity index is 1.76. The number of carbonyl (C=O) groups is 3. The molecule has 5 nitrogen and oxygen atoms in total. The Morgan fingerprint density at radius 2 is 1.85 bits per heavy atom. The molecule has 0 spiro atoms. The Morgan fingerprint density at radius 3 is 2.50 bits per heavy atom. The Kier molecular flexibility index (Phi) is 5.51. The number of nitrogens with zero attached hydrogens (tertiary/aromatic N) is 1. The number of hydrazine groups is 1. The lowest BCUT2D eigenvalue weighted by atomic mass is 10.1. The fraction of sp³-hybridized carbons (Fsp3) is 0. The summed E-state index contributed by atoms with van der Waals surface area (Å²) in [6.07, 6.45) is 2.40. The van der Waals surface area contributed by atoms with Crippen molar-refractivity contribution in [3.63, 3.8) is 0 Å². The number of amides is 2. The number of thiocarbonyl (C=S) groups is 1. The lowest BCUT2D eigenvalue weighted by Gasteiger charge is -2.15. The number of rotatable bonds is 4. The number of aldehydes is 1. The molecule has 0 atom stereocenters. The summed E-state index contributed by atoms with van der Waals surface area (Å²) in [6.45, 7) is 0. The molecular formula is C18H11ClN2O3S2. The van der Waals surface area contributed by atoms with E-state index in [1.807, 2.05) is 0 Å². The van der Waals surface area contributed by atoms with Crippen LogP contribution in [0.5, 0.6) is 0 Å². The SMILES string of the molecule is O=Cc1ccc(C=C2SC(=S)N(NC(=O)c3cccc(Cl)c3)C2=O)cc1. The van der Waals surface area contributed by atoms with Crippen LogP contribution in [0.3, 0.4) is 0 Å². The average Bonchev–Trinajstić information content (AvgIpc) is 2.89. The van der Waals surface area contributed by atoms with E-state index in [0.29, 0.717) is 21.1 Å². The zero-order valence-corrected chi connectivity index (χ0v) is 15.5. The maximum Gasteiger partial charge on any atom is 0.285 e. The summed E-state index contributed by atoms with van der Waals surface area (Å²) in [5.41, 5.74) is 4.10. The molecule has 2 aromatic rings. The van der Waals surface area contributed by atoms with E-state index in [2.05, 4.69) is 5.43 Å². The number of carbonyl (C=O) groups excluding carboxylic acids is 3. The number of hydrogen-bond donors (Lipinski definition) is 1. The quantitative estimate of drug-likeness (QED) is 0.480. The first-order valence-electron chi connectivity index (χ1n) is 7.37. The molecule has 0 aliphatic carbocycles. The average molecular weight is 403 g/mol. The number of thioether (sulfide) groups is 1. The molecule has 1 saturated heterocycles. The Hall–Kier alpha value is -2.48. The molecule has 1 aliphatic rings. The topological polar surface area (TPSA) is 66.5 Å². The Labute approximate surface area is 164 Å². The third-order valence-corrected chi connectivity index (χ3v) is 5.00. The van der Waals surface area contributed by atoms with Gasteiger partial charge in [-0.3, -0.25) is 19.8 Å². The molecule has 2 amide bonds. The monoisotopic (exact) mass is 402 g/mol. The number of hydrogen-bond acceptors (Lipinski definition) is 5. The van der Waals surface area contributed by atoms with E-state index in [1.54, 1.807) is 48.5 Å². The first kappa shape index (κ1) is 18.3. The fourth-order valence-corrected chi connectivity index (χ4v) is 3.55. The summed E-state index contributed by atoms with van der Waals surface area (Å²) in [7, 11) is 0. The van der Waals surface area contributed by atoms with Crippen LogP contribution in [0.1, 0.15) is 26.3 Å². The molecular weight excluding hydrogens is 392 g/mol. The molecule has 0 unspecified atom stereocenters. The van der Waals surface area contributed by atoms with Crippen LogP contribution < -0.4 is 5.43 Å². The molecule has 130 valence electrons. The molecule has 0 radical (unpaired) electrons. The first-order valence-corrected chi connectivity index (χ1v) is 8.98. The lowest BCUT2D eigenvalue weighted by Crippen LogP contribution is -2.44. The highest BCUT2D eigenvalue weighted by atomic mass is 35.5. The minimum Gasteiger partial charge on any atom is -0.298 e. The third kappa shape index (κ3) is 4.01. The smallest absolute Gasteiger partial charge is 0.285 e. The van der Waals surface area contributed by atoms with Crippen molar-refractivity contribution in [2.24, 2.45) is 0 Å². The molecule has 1 N–H and O–H groups in total. The van der Waals surface area contributed by atoms with E-state index >= 15 is 0 Å². The van der Waals surface area contributed by atoms with Gasteiger partial charge in [-0.15, -0.1) is 0 Å². The molecule has 1 fully saturated rings. The van der Waals surface area contributed by atoms with E-state index < -0.39 is 11.8 Å². The van der Waals surface area contributed by atoms with Gasteiger partial charge in [0.25, 0.3) is 11.8 Å². The van der Waals surface area contributed by atoms with Crippen LogP contribution in [0.25, 0.3) is 6.08 Å². The van der Waals surface area contributed by atoms with Crippen molar-refractivity contribution < 1.29 is 14.4 Å². The van der Waals surface area contributed by atoms with Crippen LogP contribution in [0.4, 0.5) is 0 Å². The third-order valence-electron chi connectivity index (χ3n) is 3.46. The zero-order valence-electron chi connectivity index (χ0n) is 13.1. The van der Waals surface area contributed by atoms with Gasteiger partial charge in [0.15, 0.2) is 4.32 Å². The minimum absolute atomic E-state index is 0.223. The van der Waals surface area contributed by atoms with Gasteiger partial charge in [0.2, 0.25) is 0 Å². The molecule has 2 aromatic carbocycles. The van der Waals surface area contributed by atoms with Crippen LogP contribution in [0, 0.1) is 0 Å². The maximum absolute atomic E-state index is 12.5. The van der Waals surface area contributed by atoms with E-state index in [1.165, 1.54) is 6.07 Å². The second kappa shape index (κ2) is 7.82. The largest absolute Gasteiger partial charge is 0.298 e. The van der Waals surface area contributed by atoms with E-state index in [0.717, 1.165) is 28.6 Å². The van der Waals surface area contributed by atoms with Crippen LogP contribution in [-0.2, 0) is 4.79 Å². The molecule has 26 heavy (non-hydrogen) atoms. The summed E-state index contributed by atoms with van der Waals surface area (Å²) >= 11 is 12.1. The van der Waals surface area contributed by atoms with Gasteiger partial charge >= 0.3 is 0 Å². The highest BCUT2D eigenvalue weighted by Gasteiger charge is 2.33. The molecule has 3 rings (SSSR count). The van der Waals surface area contributed by atoms with Crippen LogP contribution in [0.2, 0.25) is 5.02 Å². The van der Waals surface area contributed by atoms with Crippen molar-refractivity contribution in [3.8, 4) is 0 Å². The Morgan fingerprint density at radius 1 is 1.15 bits per heavy atom. The van der Waals surface area contributed by atoms with Gasteiger partial charge in [-0.1, -0.05) is 53.7 Å². The van der Waals surface area contributed by atoms with Crippen molar-refractivity contribution in [2.75, 3.05) is 0 Å². The molecule has 0 saturated carbocycles. The van der Waals surface area contributed by atoms with E-state index in [9.17, 15) is 14.4 Å². The molecule has 1 heterocycles. The second-order valence-electron chi connectivity index (χ2n) is 5.25. The fourth-order valence-electron chi connectivity index (χ4n) is 2.18. The Bertz CT molecular complexity index is 942. The maximum atomic E-state index is 12.5. The summed E-state index contributed by atoms with van der Waals surface area (Å²) in [5.74, 6) is -0.907. The second-order valence-corrected chi connectivity index (χ2v) is 7.37. The van der Waals surface area contributed by atoms with Crippen molar-refractivity contribution in [1.82, 2.24) is 10.4 Å². The van der Waals surface area contributed by atoms with Crippen LogP contribution in [-0.4, -0.2) is 27.4 Å². The molecule has 0 aromatic heterocycles. The zero-order chi connectivity index (χ0) is 18.7. The summed E-state index contributed by atoms with van der Waals surface area (Å²) in [5, 5.41) is 1.45. The predicted octanol–water partition coefficient (Wildman–Crippen LogP) is 3.70. The number of benzene rings is 2. The highest BCUT2D eigenvalue weighted by Crippen LogP contribution is 2.31. The number of nitrogens with one attached hydrogen (secondary N) is 1. The first-order chi connectivity index (χ1) is 12.5.